The molecular weight excluding hydrogens is 324 g/mol. The smallest absolute Gasteiger partial charge is 0.310 e. The lowest BCUT2D eigenvalue weighted by Gasteiger charge is -2.22. The van der Waals surface area contributed by atoms with Gasteiger partial charge >= 0.3 is 5.97 Å². The first-order valence-electron chi connectivity index (χ1n) is 8.57. The van der Waals surface area contributed by atoms with Crippen molar-refractivity contribution in [1.29, 1.82) is 0 Å². The van der Waals surface area contributed by atoms with E-state index in [0.717, 1.165) is 12.8 Å². The molecule has 0 radical (unpaired) electrons. The number of methoxy groups -OCH3 is 1. The quantitative estimate of drug-likeness (QED) is 0.627. The molecule has 0 saturated heterocycles. The molecule has 2 N–H and O–H groups in total. The number of hydrogen-bond acceptors (Lipinski definition) is 6. The molecule has 25 heavy (non-hydrogen) atoms. The third kappa shape index (κ3) is 4.89. The summed E-state index contributed by atoms with van der Waals surface area (Å²) in [4.78, 5) is 12.1. The van der Waals surface area contributed by atoms with E-state index in [1.165, 1.54) is 13.2 Å². The largest absolute Gasteiger partial charge is 0.504 e. The number of unbranched alkanes of at least 4 members (excludes halogenated alkanes) is 1. The van der Waals surface area contributed by atoms with E-state index in [-0.39, 0.29) is 35.9 Å². The molecule has 1 aliphatic rings. The number of cyclic esters (lactones) is 1. The average Bonchev–Trinajstić information content (AvgIpc) is 2.53. The lowest BCUT2D eigenvalue weighted by atomic mass is 9.99. The van der Waals surface area contributed by atoms with Gasteiger partial charge in [-0.15, -0.1) is 0 Å². The molecule has 0 aromatic heterocycles. The number of aromatic hydroxyl groups is 2. The summed E-state index contributed by atoms with van der Waals surface area (Å²) >= 11 is 0. The first kappa shape index (κ1) is 19.1. The molecule has 6 heteroatoms. The molecule has 6 nitrogen and oxygen atoms in total. The minimum atomic E-state index is -0.416. The van der Waals surface area contributed by atoms with Gasteiger partial charge in [-0.3, -0.25) is 4.79 Å². The van der Waals surface area contributed by atoms with Crippen LogP contribution in [0.3, 0.4) is 0 Å². The van der Waals surface area contributed by atoms with E-state index in [2.05, 4.69) is 6.92 Å². The molecule has 2 rings (SSSR count). The van der Waals surface area contributed by atoms with Crippen molar-refractivity contribution in [2.75, 3.05) is 13.7 Å². The monoisotopic (exact) mass is 350 g/mol. The number of phenolic OH excluding ortho intramolecular Hbond substituents is 2. The Hall–Kier alpha value is -2.21. The molecule has 0 spiro atoms. The van der Waals surface area contributed by atoms with Crippen molar-refractivity contribution in [1.82, 2.24) is 0 Å². The van der Waals surface area contributed by atoms with E-state index in [1.54, 1.807) is 6.08 Å². The van der Waals surface area contributed by atoms with Crippen molar-refractivity contribution in [2.24, 2.45) is 0 Å². The van der Waals surface area contributed by atoms with Crippen LogP contribution >= 0.6 is 0 Å². The second-order valence-corrected chi connectivity index (χ2v) is 6.19. The van der Waals surface area contributed by atoms with Crippen LogP contribution in [0.2, 0.25) is 0 Å². The van der Waals surface area contributed by atoms with Crippen LogP contribution in [0.25, 0.3) is 6.08 Å². The standard InChI is InChI=1S/C19H26O6/c1-4-5-8-24-14-6-7-15-13(11-17(21)25-12(2)9-14)10-16(20)19(23-3)18(15)22/h6-7,10,12,14,20,22H,4-5,8-9,11H2,1-3H3/b7-6-/t12-,14-/m0/s1. The number of carbonyl (C=O) groups is 1. The first-order chi connectivity index (χ1) is 12.0. The third-order valence-corrected chi connectivity index (χ3v) is 4.10. The number of ether oxygens (including phenoxy) is 3. The zero-order chi connectivity index (χ0) is 18.4. The number of rotatable bonds is 5. The van der Waals surface area contributed by atoms with E-state index in [1.807, 2.05) is 13.0 Å². The van der Waals surface area contributed by atoms with E-state index in [9.17, 15) is 15.0 Å². The molecule has 1 heterocycles. The first-order valence-corrected chi connectivity index (χ1v) is 8.57. The Morgan fingerprint density at radius 2 is 2.12 bits per heavy atom. The Bertz CT molecular complexity index is 637. The molecule has 1 aromatic carbocycles. The molecule has 0 bridgehead atoms. The number of fused-ring (bicyclic) bond motifs is 1. The number of carbonyl (C=O) groups excluding carboxylic acids is 1. The van der Waals surface area contributed by atoms with Gasteiger partial charge in [-0.05, 0) is 25.0 Å². The van der Waals surface area contributed by atoms with E-state index < -0.39 is 5.97 Å². The predicted octanol–water partition coefficient (Wildman–Crippen LogP) is 3.18. The van der Waals surface area contributed by atoms with Crippen LogP contribution in [0.1, 0.15) is 44.2 Å². The van der Waals surface area contributed by atoms with E-state index >= 15 is 0 Å². The number of esters is 1. The van der Waals surface area contributed by atoms with E-state index in [4.69, 9.17) is 14.2 Å². The summed E-state index contributed by atoms with van der Waals surface area (Å²) in [5.74, 6) is -0.866. The Morgan fingerprint density at radius 1 is 1.36 bits per heavy atom. The van der Waals surface area contributed by atoms with Gasteiger partial charge < -0.3 is 24.4 Å². The van der Waals surface area contributed by atoms with Gasteiger partial charge in [0.15, 0.2) is 11.5 Å². The minimum absolute atomic E-state index is 0.0225. The highest BCUT2D eigenvalue weighted by Crippen LogP contribution is 2.41. The molecule has 138 valence electrons. The van der Waals surface area contributed by atoms with E-state index in [0.29, 0.717) is 24.2 Å². The molecule has 0 saturated carbocycles. The van der Waals surface area contributed by atoms with Crippen molar-refractivity contribution in [2.45, 2.75) is 51.7 Å². The van der Waals surface area contributed by atoms with Crippen LogP contribution < -0.4 is 4.74 Å². The molecule has 2 atom stereocenters. The molecule has 1 aliphatic heterocycles. The Kier molecular flexibility index (Phi) is 6.70. The molecular formula is C19H26O6. The highest BCUT2D eigenvalue weighted by Gasteiger charge is 2.22. The second kappa shape index (κ2) is 8.76. The zero-order valence-electron chi connectivity index (χ0n) is 14.9. The van der Waals surface area contributed by atoms with Gasteiger partial charge in [-0.25, -0.2) is 0 Å². The van der Waals surface area contributed by atoms with Crippen molar-refractivity contribution in [3.63, 3.8) is 0 Å². The van der Waals surface area contributed by atoms with Crippen LogP contribution in [-0.4, -0.2) is 42.1 Å². The van der Waals surface area contributed by atoms with Crippen molar-refractivity contribution >= 4 is 12.0 Å². The highest BCUT2D eigenvalue weighted by atomic mass is 16.5. The number of benzene rings is 1. The summed E-state index contributed by atoms with van der Waals surface area (Å²) in [6, 6.07) is 1.42. The molecule has 0 amide bonds. The van der Waals surface area contributed by atoms with Crippen molar-refractivity contribution in [3.05, 3.63) is 23.3 Å². The Labute approximate surface area is 148 Å². The van der Waals surface area contributed by atoms with Crippen LogP contribution in [-0.2, 0) is 20.7 Å². The summed E-state index contributed by atoms with van der Waals surface area (Å²) in [6.45, 7) is 4.53. The Balaban J connectivity index is 2.40. The van der Waals surface area contributed by atoms with Gasteiger partial charge in [0.2, 0.25) is 5.75 Å². The van der Waals surface area contributed by atoms with Gasteiger partial charge in [0.05, 0.1) is 19.6 Å². The molecule has 0 unspecified atom stereocenters. The number of hydrogen-bond donors (Lipinski definition) is 2. The maximum absolute atomic E-state index is 12.1. The molecule has 1 aromatic rings. The van der Waals surface area contributed by atoms with Gasteiger partial charge in [0.1, 0.15) is 6.10 Å². The average molecular weight is 350 g/mol. The maximum atomic E-state index is 12.1. The fourth-order valence-corrected chi connectivity index (χ4v) is 2.82. The van der Waals surface area contributed by atoms with Crippen LogP contribution in [0.4, 0.5) is 0 Å². The second-order valence-electron chi connectivity index (χ2n) is 6.19. The SMILES string of the molecule is CCCCO[C@H]1/C=C\c2c(cc(O)c(OC)c2O)CC(=O)O[C@@H](C)C1. The topological polar surface area (TPSA) is 85.2 Å². The summed E-state index contributed by atoms with van der Waals surface area (Å²) < 4.78 is 16.3. The van der Waals surface area contributed by atoms with Crippen molar-refractivity contribution < 1.29 is 29.2 Å². The normalized spacial score (nSPS) is 22.0. The van der Waals surface area contributed by atoms with Gasteiger partial charge in [0, 0.05) is 18.6 Å². The van der Waals surface area contributed by atoms with Gasteiger partial charge in [0.25, 0.3) is 0 Å². The zero-order valence-corrected chi connectivity index (χ0v) is 14.9. The minimum Gasteiger partial charge on any atom is -0.504 e. The lowest BCUT2D eigenvalue weighted by Crippen LogP contribution is -2.24. The third-order valence-electron chi connectivity index (χ3n) is 4.10. The lowest BCUT2D eigenvalue weighted by molar-refractivity contribution is -0.148. The fraction of sp³-hybridized carbons (Fsp3) is 0.526. The molecule has 0 fully saturated rings. The van der Waals surface area contributed by atoms with Crippen molar-refractivity contribution in [3.8, 4) is 17.2 Å². The summed E-state index contributed by atoms with van der Waals surface area (Å²) in [5.41, 5.74) is 0.892. The van der Waals surface area contributed by atoms with Gasteiger partial charge in [-0.1, -0.05) is 25.5 Å². The molecule has 0 aliphatic carbocycles. The number of phenols is 2. The van der Waals surface area contributed by atoms with Crippen LogP contribution in [0.5, 0.6) is 17.2 Å². The van der Waals surface area contributed by atoms with Gasteiger partial charge in [-0.2, -0.15) is 0 Å². The fourth-order valence-electron chi connectivity index (χ4n) is 2.82. The Morgan fingerprint density at radius 3 is 2.80 bits per heavy atom. The predicted molar refractivity (Wildman–Crippen MR) is 93.9 cm³/mol. The maximum Gasteiger partial charge on any atom is 0.310 e. The van der Waals surface area contributed by atoms with Crippen LogP contribution in [0.15, 0.2) is 12.1 Å². The summed E-state index contributed by atoms with van der Waals surface area (Å²) in [6.07, 6.45) is 5.51. The summed E-state index contributed by atoms with van der Waals surface area (Å²) in [7, 11) is 1.36. The van der Waals surface area contributed by atoms with Crippen LogP contribution in [0, 0.1) is 0 Å². The summed E-state index contributed by atoms with van der Waals surface area (Å²) in [5, 5.41) is 20.4. The highest BCUT2D eigenvalue weighted by molar-refractivity contribution is 5.78.